The molecular formula is C14H11F2NO. The van der Waals surface area contributed by atoms with Gasteiger partial charge in [0.2, 0.25) is 0 Å². The van der Waals surface area contributed by atoms with E-state index in [0.29, 0.717) is 12.0 Å². The van der Waals surface area contributed by atoms with Crippen molar-refractivity contribution in [2.45, 2.75) is 0 Å². The molecule has 0 unspecified atom stereocenters. The van der Waals surface area contributed by atoms with Gasteiger partial charge in [-0.1, -0.05) is 6.07 Å². The number of hydrogen-bond acceptors (Lipinski definition) is 2. The molecule has 0 atom stereocenters. The zero-order chi connectivity index (χ0) is 13.1. The molecule has 2 rings (SSSR count). The molecule has 0 fully saturated rings. The maximum absolute atomic E-state index is 13.8. The zero-order valence-corrected chi connectivity index (χ0v) is 9.73. The van der Waals surface area contributed by atoms with E-state index in [1.54, 1.807) is 19.2 Å². The van der Waals surface area contributed by atoms with Gasteiger partial charge in [0.15, 0.2) is 0 Å². The fourth-order valence-electron chi connectivity index (χ4n) is 1.69. The molecule has 0 bridgehead atoms. The highest BCUT2D eigenvalue weighted by Gasteiger charge is 2.10. The third-order valence-corrected chi connectivity index (χ3v) is 2.66. The summed E-state index contributed by atoms with van der Waals surface area (Å²) in [5.41, 5.74) is 1.09. The van der Waals surface area contributed by atoms with E-state index in [2.05, 4.69) is 0 Å². The number of benzene rings is 2. The molecule has 4 heteroatoms. The van der Waals surface area contributed by atoms with E-state index in [4.69, 9.17) is 0 Å². The molecule has 92 valence electrons. The molecule has 2 aromatic carbocycles. The fraction of sp³-hybridized carbons (Fsp3) is 0.0714. The van der Waals surface area contributed by atoms with Crippen LogP contribution in [0, 0.1) is 11.6 Å². The van der Waals surface area contributed by atoms with Crippen molar-refractivity contribution >= 4 is 17.7 Å². The van der Waals surface area contributed by atoms with Crippen LogP contribution in [0.1, 0.15) is 10.4 Å². The maximum Gasteiger partial charge on any atom is 0.150 e. The molecule has 0 aliphatic carbocycles. The molecule has 0 saturated heterocycles. The number of carbonyl (C=O) groups is 1. The molecule has 18 heavy (non-hydrogen) atoms. The van der Waals surface area contributed by atoms with Crippen LogP contribution in [0.5, 0.6) is 0 Å². The van der Waals surface area contributed by atoms with E-state index in [1.165, 1.54) is 29.2 Å². The number of hydrogen-bond donors (Lipinski definition) is 0. The molecule has 0 saturated carbocycles. The smallest absolute Gasteiger partial charge is 0.150 e. The molecule has 0 amide bonds. The summed E-state index contributed by atoms with van der Waals surface area (Å²) >= 11 is 0. The molecule has 0 aliphatic heterocycles. The number of nitrogens with zero attached hydrogens (tertiary/aromatic N) is 1. The summed E-state index contributed by atoms with van der Waals surface area (Å²) in [6.07, 6.45) is 0.578. The lowest BCUT2D eigenvalue weighted by molar-refractivity contribution is 0.112. The molecule has 0 aliphatic rings. The lowest BCUT2D eigenvalue weighted by Crippen LogP contribution is -2.11. The van der Waals surface area contributed by atoms with Crippen molar-refractivity contribution in [1.29, 1.82) is 0 Å². The van der Waals surface area contributed by atoms with Crippen LogP contribution in [0.25, 0.3) is 0 Å². The van der Waals surface area contributed by atoms with Crippen LogP contribution < -0.4 is 4.90 Å². The standard InChI is InChI=1S/C14H11F2NO/c1-17(12-4-2-3-11(15)8-12)14-6-5-10(9-18)7-13(14)16/h2-9H,1H3. The minimum atomic E-state index is -0.522. The van der Waals surface area contributed by atoms with Crippen molar-refractivity contribution in [2.24, 2.45) is 0 Å². The third kappa shape index (κ3) is 2.37. The van der Waals surface area contributed by atoms with Crippen molar-refractivity contribution in [3.05, 3.63) is 59.7 Å². The predicted molar refractivity (Wildman–Crippen MR) is 66.3 cm³/mol. The average Bonchev–Trinajstić information content (AvgIpc) is 2.37. The Balaban J connectivity index is 2.39. The SMILES string of the molecule is CN(c1cccc(F)c1)c1ccc(C=O)cc1F. The summed E-state index contributed by atoms with van der Waals surface area (Å²) in [6, 6.07) is 10.0. The fourth-order valence-corrected chi connectivity index (χ4v) is 1.69. The van der Waals surface area contributed by atoms with Gasteiger partial charge >= 0.3 is 0 Å². The van der Waals surface area contributed by atoms with Crippen LogP contribution in [0.2, 0.25) is 0 Å². The monoisotopic (exact) mass is 247 g/mol. The van der Waals surface area contributed by atoms with E-state index >= 15 is 0 Å². The highest BCUT2D eigenvalue weighted by molar-refractivity contribution is 5.76. The van der Waals surface area contributed by atoms with Crippen LogP contribution in [0.4, 0.5) is 20.2 Å². The zero-order valence-electron chi connectivity index (χ0n) is 9.73. The molecule has 2 aromatic rings. The van der Waals surface area contributed by atoms with E-state index in [0.717, 1.165) is 6.07 Å². The van der Waals surface area contributed by atoms with Crippen LogP contribution >= 0.6 is 0 Å². The number of anilines is 2. The van der Waals surface area contributed by atoms with E-state index in [-0.39, 0.29) is 17.1 Å². The summed E-state index contributed by atoms with van der Waals surface area (Å²) in [6.45, 7) is 0. The Hall–Kier alpha value is -2.23. The Kier molecular flexibility index (Phi) is 3.37. The first-order chi connectivity index (χ1) is 8.61. The van der Waals surface area contributed by atoms with Gasteiger partial charge in [0.25, 0.3) is 0 Å². The molecule has 2 nitrogen and oxygen atoms in total. The second kappa shape index (κ2) is 4.96. The van der Waals surface area contributed by atoms with Crippen LogP contribution in [-0.2, 0) is 0 Å². The Morgan fingerprint density at radius 3 is 2.50 bits per heavy atom. The Morgan fingerprint density at radius 2 is 1.89 bits per heavy atom. The van der Waals surface area contributed by atoms with Gasteiger partial charge in [-0.25, -0.2) is 8.78 Å². The molecule has 0 aromatic heterocycles. The van der Waals surface area contributed by atoms with E-state index < -0.39 is 5.82 Å². The molecule has 0 radical (unpaired) electrons. The summed E-state index contributed by atoms with van der Waals surface area (Å²) in [5, 5.41) is 0. The van der Waals surface area contributed by atoms with Crippen LogP contribution in [0.3, 0.4) is 0 Å². The van der Waals surface area contributed by atoms with Crippen molar-refractivity contribution in [2.75, 3.05) is 11.9 Å². The quantitative estimate of drug-likeness (QED) is 0.773. The lowest BCUT2D eigenvalue weighted by Gasteiger charge is -2.20. The number of rotatable bonds is 3. The Bertz CT molecular complexity index is 584. The van der Waals surface area contributed by atoms with E-state index in [9.17, 15) is 13.6 Å². The predicted octanol–water partition coefficient (Wildman–Crippen LogP) is 3.55. The van der Waals surface area contributed by atoms with Gasteiger partial charge in [0.1, 0.15) is 17.9 Å². The highest BCUT2D eigenvalue weighted by Crippen LogP contribution is 2.26. The first-order valence-corrected chi connectivity index (χ1v) is 5.36. The largest absolute Gasteiger partial charge is 0.342 e. The van der Waals surface area contributed by atoms with Crippen molar-refractivity contribution in [3.8, 4) is 0 Å². The van der Waals surface area contributed by atoms with Crippen molar-refractivity contribution in [1.82, 2.24) is 0 Å². The van der Waals surface area contributed by atoms with E-state index in [1.807, 2.05) is 0 Å². The number of aldehydes is 1. The molecule has 0 N–H and O–H groups in total. The normalized spacial score (nSPS) is 10.2. The average molecular weight is 247 g/mol. The molecular weight excluding hydrogens is 236 g/mol. The van der Waals surface area contributed by atoms with Gasteiger partial charge in [-0.15, -0.1) is 0 Å². The Morgan fingerprint density at radius 1 is 1.11 bits per heavy atom. The number of carbonyl (C=O) groups excluding carboxylic acids is 1. The topological polar surface area (TPSA) is 20.3 Å². The lowest BCUT2D eigenvalue weighted by atomic mass is 10.2. The summed E-state index contributed by atoms with van der Waals surface area (Å²) in [4.78, 5) is 12.0. The van der Waals surface area contributed by atoms with Gasteiger partial charge in [0.05, 0.1) is 5.69 Å². The van der Waals surface area contributed by atoms with Gasteiger partial charge in [0, 0.05) is 18.3 Å². The molecule has 0 heterocycles. The number of halogens is 2. The van der Waals surface area contributed by atoms with Gasteiger partial charge in [-0.2, -0.15) is 0 Å². The summed E-state index contributed by atoms with van der Waals surface area (Å²) in [5.74, 6) is -0.907. The second-order valence-corrected chi connectivity index (χ2v) is 3.87. The van der Waals surface area contributed by atoms with Gasteiger partial charge in [-0.3, -0.25) is 4.79 Å². The van der Waals surface area contributed by atoms with Crippen LogP contribution in [0.15, 0.2) is 42.5 Å². The summed E-state index contributed by atoms with van der Waals surface area (Å²) < 4.78 is 26.9. The van der Waals surface area contributed by atoms with Crippen molar-refractivity contribution in [3.63, 3.8) is 0 Å². The second-order valence-electron chi connectivity index (χ2n) is 3.87. The first kappa shape index (κ1) is 12.2. The minimum absolute atomic E-state index is 0.267. The third-order valence-electron chi connectivity index (χ3n) is 2.66. The first-order valence-electron chi connectivity index (χ1n) is 5.36. The van der Waals surface area contributed by atoms with Crippen molar-refractivity contribution < 1.29 is 13.6 Å². The highest BCUT2D eigenvalue weighted by atomic mass is 19.1. The Labute approximate surface area is 103 Å². The molecule has 0 spiro atoms. The minimum Gasteiger partial charge on any atom is -0.342 e. The van der Waals surface area contributed by atoms with Gasteiger partial charge < -0.3 is 4.90 Å². The van der Waals surface area contributed by atoms with Gasteiger partial charge in [-0.05, 0) is 36.4 Å². The van der Waals surface area contributed by atoms with Crippen LogP contribution in [-0.4, -0.2) is 13.3 Å². The maximum atomic E-state index is 13.8. The summed E-state index contributed by atoms with van der Waals surface area (Å²) in [7, 11) is 1.63.